The van der Waals surface area contributed by atoms with Crippen LogP contribution in [0.15, 0.2) is 42.5 Å². The van der Waals surface area contributed by atoms with E-state index in [9.17, 15) is 9.59 Å². The molecule has 1 aliphatic rings. The van der Waals surface area contributed by atoms with E-state index in [1.807, 2.05) is 30.9 Å². The highest BCUT2D eigenvalue weighted by molar-refractivity contribution is 5.81. The van der Waals surface area contributed by atoms with Crippen molar-refractivity contribution in [3.8, 4) is 5.75 Å². The van der Waals surface area contributed by atoms with Crippen molar-refractivity contribution < 1.29 is 14.3 Å². The number of carbonyl (C=O) groups is 2. The van der Waals surface area contributed by atoms with Crippen LogP contribution in [0.5, 0.6) is 5.75 Å². The fraction of sp³-hybridized carbons (Fsp3) is 0.481. The zero-order chi connectivity index (χ0) is 23.3. The second-order valence-electron chi connectivity index (χ2n) is 9.02. The van der Waals surface area contributed by atoms with Crippen LogP contribution in [0, 0.1) is 12.8 Å². The summed E-state index contributed by atoms with van der Waals surface area (Å²) in [5, 5.41) is 2.97. The molecule has 0 saturated carbocycles. The number of nitrogens with one attached hydrogen (secondary N) is 1. The van der Waals surface area contributed by atoms with Crippen molar-refractivity contribution >= 4 is 11.8 Å². The van der Waals surface area contributed by atoms with Gasteiger partial charge in [0.25, 0.3) is 5.91 Å². The van der Waals surface area contributed by atoms with Gasteiger partial charge in [-0.1, -0.05) is 63.6 Å². The van der Waals surface area contributed by atoms with Crippen LogP contribution in [-0.4, -0.2) is 35.9 Å². The molecule has 0 aromatic heterocycles. The number of hydrogen-bond acceptors (Lipinski definition) is 3. The number of amides is 2. The van der Waals surface area contributed by atoms with Crippen LogP contribution >= 0.6 is 0 Å². The summed E-state index contributed by atoms with van der Waals surface area (Å²) < 4.78 is 6.13. The molecule has 2 aromatic carbocycles. The number of nitrogens with zero attached hydrogens (tertiary/aromatic N) is 1. The molecule has 0 bridgehead atoms. The molecule has 0 aliphatic carbocycles. The largest absolute Gasteiger partial charge is 0.481 e. The van der Waals surface area contributed by atoms with Gasteiger partial charge in [-0.2, -0.15) is 0 Å². The maximum Gasteiger partial charge on any atom is 0.261 e. The maximum absolute atomic E-state index is 12.8. The standard InChI is InChI=1S/C27H36N2O3/c1-6-24(27(31)28-17-18(3)4)32-22-13-12-20-14-15-29(25(30)7-2)26(23(20)16-22)21-10-8-19(5)9-11-21/h8-13,16,18,24,26H,6-7,14-15,17H2,1-5H3,(H,28,31)/t24-,26+/m1/s1. The van der Waals surface area contributed by atoms with E-state index in [2.05, 4.69) is 56.4 Å². The molecule has 0 spiro atoms. The van der Waals surface area contributed by atoms with Crippen LogP contribution in [0.1, 0.15) is 68.8 Å². The molecule has 32 heavy (non-hydrogen) atoms. The Balaban J connectivity index is 1.93. The van der Waals surface area contributed by atoms with Gasteiger partial charge >= 0.3 is 0 Å². The van der Waals surface area contributed by atoms with Crippen molar-refractivity contribution in [2.45, 2.75) is 66.0 Å². The minimum Gasteiger partial charge on any atom is -0.481 e. The SMILES string of the molecule is CCC(=O)N1CCc2ccc(O[C@H](CC)C(=O)NCC(C)C)cc2[C@@H]1c1ccc(C)cc1. The molecule has 5 heteroatoms. The molecule has 2 amide bonds. The van der Waals surface area contributed by atoms with Crippen LogP contribution in [0.25, 0.3) is 0 Å². The van der Waals surface area contributed by atoms with Gasteiger partial charge < -0.3 is 15.0 Å². The van der Waals surface area contributed by atoms with E-state index in [-0.39, 0.29) is 17.9 Å². The van der Waals surface area contributed by atoms with Gasteiger partial charge in [0.2, 0.25) is 5.91 Å². The lowest BCUT2D eigenvalue weighted by Gasteiger charge is -2.38. The molecule has 1 N–H and O–H groups in total. The first kappa shape index (κ1) is 23.8. The Labute approximate surface area is 192 Å². The Morgan fingerprint density at radius 1 is 1.12 bits per heavy atom. The second kappa shape index (κ2) is 10.7. The van der Waals surface area contributed by atoms with E-state index in [1.165, 1.54) is 11.1 Å². The predicted octanol–water partition coefficient (Wildman–Crippen LogP) is 4.81. The summed E-state index contributed by atoms with van der Waals surface area (Å²) in [6, 6.07) is 14.3. The van der Waals surface area contributed by atoms with E-state index < -0.39 is 6.10 Å². The molecular weight excluding hydrogens is 400 g/mol. The third kappa shape index (κ3) is 5.50. The number of fused-ring (bicyclic) bond motifs is 1. The highest BCUT2D eigenvalue weighted by atomic mass is 16.5. The average Bonchev–Trinajstić information content (AvgIpc) is 2.80. The first-order valence-corrected chi connectivity index (χ1v) is 11.8. The third-order valence-corrected chi connectivity index (χ3v) is 5.99. The summed E-state index contributed by atoms with van der Waals surface area (Å²) in [6.45, 7) is 11.4. The molecule has 2 aromatic rings. The molecule has 3 rings (SSSR count). The van der Waals surface area contributed by atoms with E-state index in [4.69, 9.17) is 4.74 Å². The normalized spacial score (nSPS) is 16.4. The van der Waals surface area contributed by atoms with E-state index in [0.29, 0.717) is 37.6 Å². The zero-order valence-corrected chi connectivity index (χ0v) is 20.0. The summed E-state index contributed by atoms with van der Waals surface area (Å²) in [7, 11) is 0. The van der Waals surface area contributed by atoms with Crippen molar-refractivity contribution in [1.29, 1.82) is 0 Å². The number of ether oxygens (including phenoxy) is 1. The Kier molecular flexibility index (Phi) is 7.94. The highest BCUT2D eigenvalue weighted by Gasteiger charge is 2.32. The molecule has 0 saturated heterocycles. The summed E-state index contributed by atoms with van der Waals surface area (Å²) in [5.41, 5.74) is 4.59. The molecule has 1 heterocycles. The van der Waals surface area contributed by atoms with Gasteiger partial charge in [0.15, 0.2) is 6.10 Å². The topological polar surface area (TPSA) is 58.6 Å². The smallest absolute Gasteiger partial charge is 0.261 e. The number of aryl methyl sites for hydroxylation is 1. The van der Waals surface area contributed by atoms with Gasteiger partial charge in [-0.3, -0.25) is 9.59 Å². The third-order valence-electron chi connectivity index (χ3n) is 5.99. The molecule has 172 valence electrons. The molecule has 1 aliphatic heterocycles. The Hall–Kier alpha value is -2.82. The van der Waals surface area contributed by atoms with Crippen molar-refractivity contribution in [2.75, 3.05) is 13.1 Å². The van der Waals surface area contributed by atoms with Crippen molar-refractivity contribution in [1.82, 2.24) is 10.2 Å². The van der Waals surface area contributed by atoms with E-state index >= 15 is 0 Å². The lowest BCUT2D eigenvalue weighted by Crippen LogP contribution is -2.41. The number of rotatable bonds is 8. The predicted molar refractivity (Wildman–Crippen MR) is 128 cm³/mol. The fourth-order valence-electron chi connectivity index (χ4n) is 4.15. The number of benzene rings is 2. The Bertz CT molecular complexity index is 936. The van der Waals surface area contributed by atoms with Crippen LogP contribution in [-0.2, 0) is 16.0 Å². The lowest BCUT2D eigenvalue weighted by atomic mass is 9.87. The summed E-state index contributed by atoms with van der Waals surface area (Å²) >= 11 is 0. The summed E-state index contributed by atoms with van der Waals surface area (Å²) in [4.78, 5) is 27.4. The lowest BCUT2D eigenvalue weighted by molar-refractivity contribution is -0.133. The van der Waals surface area contributed by atoms with Gasteiger partial charge in [0.1, 0.15) is 5.75 Å². The first-order valence-electron chi connectivity index (χ1n) is 11.8. The molecule has 2 atom stereocenters. The van der Waals surface area contributed by atoms with Crippen molar-refractivity contribution in [3.63, 3.8) is 0 Å². The number of hydrogen-bond donors (Lipinski definition) is 1. The summed E-state index contributed by atoms with van der Waals surface area (Å²) in [6.07, 6.45) is 1.34. The van der Waals surface area contributed by atoms with Crippen LogP contribution in [0.2, 0.25) is 0 Å². The molecule has 0 fully saturated rings. The monoisotopic (exact) mass is 436 g/mol. The fourth-order valence-corrected chi connectivity index (χ4v) is 4.15. The van der Waals surface area contributed by atoms with E-state index in [1.54, 1.807) is 0 Å². The quantitative estimate of drug-likeness (QED) is 0.646. The van der Waals surface area contributed by atoms with Gasteiger partial charge in [0, 0.05) is 19.5 Å². The molecule has 5 nitrogen and oxygen atoms in total. The Morgan fingerprint density at radius 3 is 2.47 bits per heavy atom. The van der Waals surface area contributed by atoms with Crippen molar-refractivity contribution in [3.05, 3.63) is 64.7 Å². The maximum atomic E-state index is 12.8. The first-order chi connectivity index (χ1) is 15.3. The second-order valence-corrected chi connectivity index (χ2v) is 9.02. The van der Waals surface area contributed by atoms with Gasteiger partial charge in [-0.15, -0.1) is 0 Å². The van der Waals surface area contributed by atoms with Crippen LogP contribution in [0.4, 0.5) is 0 Å². The Morgan fingerprint density at radius 2 is 1.84 bits per heavy atom. The highest BCUT2D eigenvalue weighted by Crippen LogP contribution is 2.37. The molecule has 0 unspecified atom stereocenters. The molecular formula is C27H36N2O3. The van der Waals surface area contributed by atoms with E-state index in [0.717, 1.165) is 17.5 Å². The minimum atomic E-state index is -0.540. The van der Waals surface area contributed by atoms with Gasteiger partial charge in [-0.25, -0.2) is 0 Å². The van der Waals surface area contributed by atoms with Crippen LogP contribution in [0.3, 0.4) is 0 Å². The minimum absolute atomic E-state index is 0.0863. The van der Waals surface area contributed by atoms with Crippen LogP contribution < -0.4 is 10.1 Å². The van der Waals surface area contributed by atoms with Gasteiger partial charge in [-0.05, 0) is 54.5 Å². The zero-order valence-electron chi connectivity index (χ0n) is 20.0. The van der Waals surface area contributed by atoms with Gasteiger partial charge in [0.05, 0.1) is 6.04 Å². The summed E-state index contributed by atoms with van der Waals surface area (Å²) in [5.74, 6) is 1.11. The average molecular weight is 437 g/mol. The van der Waals surface area contributed by atoms with Crippen molar-refractivity contribution in [2.24, 2.45) is 5.92 Å². The number of carbonyl (C=O) groups excluding carboxylic acids is 2. The molecule has 0 radical (unpaired) electrons.